The normalized spacial score (nSPS) is 24.0. The van der Waals surface area contributed by atoms with Gasteiger partial charge >= 0.3 is 0 Å². The highest BCUT2D eigenvalue weighted by atomic mass is 79.9. The van der Waals surface area contributed by atoms with Crippen LogP contribution in [0.1, 0.15) is 18.4 Å². The number of nitrogens with zero attached hydrogens (tertiary/aromatic N) is 3. The Kier molecular flexibility index (Phi) is 3.23. The largest absolute Gasteiger partial charge is 0.298 e. The molecule has 0 aliphatic carbocycles. The molecule has 0 aromatic carbocycles. The van der Waals surface area contributed by atoms with E-state index in [1.165, 1.54) is 24.9 Å². The van der Waals surface area contributed by atoms with Crippen molar-refractivity contribution in [2.24, 2.45) is 7.05 Å². The first-order valence-corrected chi connectivity index (χ1v) is 5.99. The maximum Gasteiger partial charge on any atom is 0.0534 e. The molecule has 4 heteroatoms. The first kappa shape index (κ1) is 10.2. The van der Waals surface area contributed by atoms with E-state index in [1.807, 2.05) is 17.9 Å². The Labute approximate surface area is 93.2 Å². The average molecular weight is 258 g/mol. The van der Waals surface area contributed by atoms with Crippen LogP contribution in [-0.4, -0.2) is 32.6 Å². The highest BCUT2D eigenvalue weighted by Crippen LogP contribution is 2.18. The van der Waals surface area contributed by atoms with Gasteiger partial charge in [-0.3, -0.25) is 9.58 Å². The van der Waals surface area contributed by atoms with E-state index in [2.05, 4.69) is 32.1 Å². The van der Waals surface area contributed by atoms with Gasteiger partial charge in [-0.15, -0.1) is 0 Å². The van der Waals surface area contributed by atoms with Gasteiger partial charge in [-0.25, -0.2) is 0 Å². The third-order valence-corrected chi connectivity index (χ3v) is 3.36. The number of likely N-dealkylation sites (tertiary alicyclic amines) is 1. The van der Waals surface area contributed by atoms with E-state index in [-0.39, 0.29) is 0 Å². The molecule has 0 N–H and O–H groups in total. The van der Waals surface area contributed by atoms with Crippen molar-refractivity contribution in [2.45, 2.75) is 24.2 Å². The minimum absolute atomic E-state index is 0.674. The fraction of sp³-hybridized carbons (Fsp3) is 0.700. The van der Waals surface area contributed by atoms with E-state index in [0.717, 1.165) is 13.1 Å². The zero-order valence-electron chi connectivity index (χ0n) is 8.49. The molecule has 0 saturated carbocycles. The third-order valence-electron chi connectivity index (χ3n) is 2.61. The highest BCUT2D eigenvalue weighted by Gasteiger charge is 2.17. The molecule has 1 aromatic rings. The Balaban J connectivity index is 1.90. The standard InChI is InChI=1S/C10H16BrN3/c1-13-6-9(5-12-13)7-14-4-2-3-10(11)8-14/h5-6,10H,2-4,7-8H2,1H3. The molecule has 1 saturated heterocycles. The van der Waals surface area contributed by atoms with Crippen LogP contribution in [0.4, 0.5) is 0 Å². The Morgan fingerprint density at radius 3 is 3.14 bits per heavy atom. The van der Waals surface area contributed by atoms with Crippen molar-refractivity contribution < 1.29 is 0 Å². The second kappa shape index (κ2) is 4.45. The minimum Gasteiger partial charge on any atom is -0.298 e. The molecule has 1 fully saturated rings. The molecule has 0 spiro atoms. The molecule has 78 valence electrons. The molecule has 1 unspecified atom stereocenters. The van der Waals surface area contributed by atoms with E-state index in [9.17, 15) is 0 Å². The van der Waals surface area contributed by atoms with E-state index in [1.54, 1.807) is 0 Å². The predicted octanol–water partition coefficient (Wildman–Crippen LogP) is 1.78. The molecule has 1 atom stereocenters. The molecule has 1 aliphatic heterocycles. The minimum atomic E-state index is 0.674. The number of aromatic nitrogens is 2. The van der Waals surface area contributed by atoms with Gasteiger partial charge in [-0.2, -0.15) is 5.10 Å². The van der Waals surface area contributed by atoms with Crippen molar-refractivity contribution >= 4 is 15.9 Å². The van der Waals surface area contributed by atoms with Gasteiger partial charge < -0.3 is 0 Å². The number of aryl methyl sites for hydroxylation is 1. The molecular formula is C10H16BrN3. The highest BCUT2D eigenvalue weighted by molar-refractivity contribution is 9.09. The van der Waals surface area contributed by atoms with E-state index in [0.29, 0.717) is 4.83 Å². The number of hydrogen-bond acceptors (Lipinski definition) is 2. The summed E-state index contributed by atoms with van der Waals surface area (Å²) in [5, 5.41) is 4.18. The van der Waals surface area contributed by atoms with Crippen LogP contribution in [0, 0.1) is 0 Å². The number of piperidine rings is 1. The van der Waals surface area contributed by atoms with Gasteiger partial charge in [0.15, 0.2) is 0 Å². The second-order valence-electron chi connectivity index (χ2n) is 4.00. The van der Waals surface area contributed by atoms with Crippen molar-refractivity contribution in [3.05, 3.63) is 18.0 Å². The van der Waals surface area contributed by atoms with Crippen molar-refractivity contribution in [1.29, 1.82) is 0 Å². The first-order valence-electron chi connectivity index (χ1n) is 5.08. The summed E-state index contributed by atoms with van der Waals surface area (Å²) >= 11 is 3.68. The van der Waals surface area contributed by atoms with Crippen molar-refractivity contribution in [3.63, 3.8) is 0 Å². The fourth-order valence-corrected chi connectivity index (χ4v) is 2.69. The first-order chi connectivity index (χ1) is 6.74. The Morgan fingerprint density at radius 1 is 1.64 bits per heavy atom. The van der Waals surface area contributed by atoms with Crippen molar-refractivity contribution in [3.8, 4) is 0 Å². The molecule has 3 nitrogen and oxygen atoms in total. The van der Waals surface area contributed by atoms with Crippen LogP contribution in [0.25, 0.3) is 0 Å². The maximum atomic E-state index is 4.18. The zero-order chi connectivity index (χ0) is 9.97. The molecule has 1 aliphatic rings. The van der Waals surface area contributed by atoms with E-state index >= 15 is 0 Å². The van der Waals surface area contributed by atoms with Crippen LogP contribution in [0.5, 0.6) is 0 Å². The number of hydrogen-bond donors (Lipinski definition) is 0. The summed E-state index contributed by atoms with van der Waals surface area (Å²) < 4.78 is 1.87. The summed E-state index contributed by atoms with van der Waals surface area (Å²) in [5.41, 5.74) is 1.31. The van der Waals surface area contributed by atoms with Crippen LogP contribution in [-0.2, 0) is 13.6 Å². The van der Waals surface area contributed by atoms with Gasteiger partial charge in [0.2, 0.25) is 0 Å². The van der Waals surface area contributed by atoms with Gasteiger partial charge in [-0.05, 0) is 19.4 Å². The van der Waals surface area contributed by atoms with Gasteiger partial charge in [0.25, 0.3) is 0 Å². The van der Waals surface area contributed by atoms with Gasteiger partial charge in [-0.1, -0.05) is 15.9 Å². The summed E-state index contributed by atoms with van der Waals surface area (Å²) in [6, 6.07) is 0. The second-order valence-corrected chi connectivity index (χ2v) is 5.29. The Hall–Kier alpha value is -0.350. The summed E-state index contributed by atoms with van der Waals surface area (Å²) in [4.78, 5) is 3.16. The van der Waals surface area contributed by atoms with Crippen molar-refractivity contribution in [2.75, 3.05) is 13.1 Å². The molecule has 1 aromatic heterocycles. The molecule has 14 heavy (non-hydrogen) atoms. The van der Waals surface area contributed by atoms with Gasteiger partial charge in [0.05, 0.1) is 6.20 Å². The van der Waals surface area contributed by atoms with Crippen LogP contribution < -0.4 is 0 Å². The number of halogens is 1. The van der Waals surface area contributed by atoms with E-state index in [4.69, 9.17) is 0 Å². The van der Waals surface area contributed by atoms with Gasteiger partial charge in [0.1, 0.15) is 0 Å². The maximum absolute atomic E-state index is 4.18. The number of alkyl halides is 1. The molecule has 0 bridgehead atoms. The summed E-state index contributed by atoms with van der Waals surface area (Å²) in [7, 11) is 1.97. The predicted molar refractivity (Wildman–Crippen MR) is 60.4 cm³/mol. The quantitative estimate of drug-likeness (QED) is 0.754. The smallest absolute Gasteiger partial charge is 0.0534 e. The lowest BCUT2D eigenvalue weighted by Gasteiger charge is -2.29. The van der Waals surface area contributed by atoms with Crippen LogP contribution in [0.3, 0.4) is 0 Å². The SMILES string of the molecule is Cn1cc(CN2CCCC(Br)C2)cn1. The van der Waals surface area contributed by atoms with Gasteiger partial charge in [0, 0.05) is 36.7 Å². The monoisotopic (exact) mass is 257 g/mol. The molecule has 0 radical (unpaired) electrons. The van der Waals surface area contributed by atoms with Crippen molar-refractivity contribution in [1.82, 2.24) is 14.7 Å². The van der Waals surface area contributed by atoms with Crippen LogP contribution >= 0.6 is 15.9 Å². The third kappa shape index (κ3) is 2.58. The zero-order valence-corrected chi connectivity index (χ0v) is 10.1. The van der Waals surface area contributed by atoms with Crippen LogP contribution in [0.2, 0.25) is 0 Å². The lowest BCUT2D eigenvalue weighted by molar-refractivity contribution is 0.228. The summed E-state index contributed by atoms with van der Waals surface area (Å²) in [5.74, 6) is 0. The number of rotatable bonds is 2. The Morgan fingerprint density at radius 2 is 2.50 bits per heavy atom. The fourth-order valence-electron chi connectivity index (χ4n) is 1.95. The molecule has 2 heterocycles. The summed E-state index contributed by atoms with van der Waals surface area (Å²) in [6.07, 6.45) is 6.66. The lowest BCUT2D eigenvalue weighted by Crippen LogP contribution is -2.35. The lowest BCUT2D eigenvalue weighted by atomic mass is 10.1. The molecule has 2 rings (SSSR count). The van der Waals surface area contributed by atoms with E-state index < -0.39 is 0 Å². The summed E-state index contributed by atoms with van der Waals surface area (Å²) in [6.45, 7) is 3.42. The Bertz CT molecular complexity index is 297. The molecular weight excluding hydrogens is 242 g/mol. The topological polar surface area (TPSA) is 21.1 Å². The van der Waals surface area contributed by atoms with Crippen LogP contribution in [0.15, 0.2) is 12.4 Å². The average Bonchev–Trinajstić information content (AvgIpc) is 2.51. The molecule has 0 amide bonds.